The van der Waals surface area contributed by atoms with Crippen molar-refractivity contribution in [3.8, 4) is 0 Å². The van der Waals surface area contributed by atoms with Crippen molar-refractivity contribution in [2.24, 2.45) is 11.8 Å². The first-order chi connectivity index (χ1) is 13.2. The van der Waals surface area contributed by atoms with Crippen molar-refractivity contribution in [1.82, 2.24) is 26.4 Å². The van der Waals surface area contributed by atoms with E-state index < -0.39 is 24.2 Å². The fraction of sp³-hybridized carbons (Fsp3) is 0.632. The number of aliphatic hydroxyl groups excluding tert-OH is 1. The molecule has 2 heterocycles. The molecule has 0 radical (unpaired) electrons. The number of nitrogens with zero attached hydrogens (tertiary/aromatic N) is 1. The summed E-state index contributed by atoms with van der Waals surface area (Å²) < 4.78 is 27.2. The summed E-state index contributed by atoms with van der Waals surface area (Å²) in [6.45, 7) is 4.76. The van der Waals surface area contributed by atoms with Gasteiger partial charge < -0.3 is 10.4 Å². The summed E-state index contributed by atoms with van der Waals surface area (Å²) >= 11 is 0. The quantitative estimate of drug-likeness (QED) is 0.489. The minimum absolute atomic E-state index is 0.0373. The Bertz CT molecular complexity index is 695. The van der Waals surface area contributed by atoms with E-state index in [1.54, 1.807) is 19.2 Å². The van der Waals surface area contributed by atoms with Gasteiger partial charge in [-0.25, -0.2) is 19.2 Å². The molecule has 0 spiro atoms. The van der Waals surface area contributed by atoms with Crippen LogP contribution >= 0.6 is 0 Å². The van der Waals surface area contributed by atoms with E-state index in [1.165, 1.54) is 12.1 Å². The Hall–Kier alpha value is -1.65. The molecule has 156 valence electrons. The number of hydrazine groups is 1. The number of hydrogen-bond donors (Lipinski definition) is 5. The Balaban J connectivity index is 1.94. The van der Waals surface area contributed by atoms with Gasteiger partial charge in [0.05, 0.1) is 30.8 Å². The molecule has 2 aliphatic rings. The van der Waals surface area contributed by atoms with Gasteiger partial charge in [-0.1, -0.05) is 38.1 Å². The molecule has 7 nitrogen and oxygen atoms in total. The molecule has 0 bridgehead atoms. The van der Waals surface area contributed by atoms with Crippen LogP contribution in [-0.2, 0) is 10.7 Å². The number of carbonyl (C=O) groups excluding carboxylic acids is 1. The summed E-state index contributed by atoms with van der Waals surface area (Å²) in [6.07, 6.45) is -0.757. The number of nitrogens with one attached hydrogen (secondary N) is 4. The summed E-state index contributed by atoms with van der Waals surface area (Å²) in [6, 6.07) is 5.69. The van der Waals surface area contributed by atoms with Crippen molar-refractivity contribution in [2.75, 3.05) is 13.7 Å². The van der Waals surface area contributed by atoms with Crippen molar-refractivity contribution in [2.45, 2.75) is 51.2 Å². The van der Waals surface area contributed by atoms with E-state index >= 15 is 0 Å². The zero-order valence-corrected chi connectivity index (χ0v) is 16.5. The topological polar surface area (TPSA) is 88.7 Å². The number of fused-ring (bicyclic) bond motifs is 1. The average molecular weight is 397 g/mol. The Morgan fingerprint density at radius 3 is 2.43 bits per heavy atom. The molecule has 0 aliphatic carbocycles. The van der Waals surface area contributed by atoms with Crippen LogP contribution in [0.2, 0.25) is 0 Å². The van der Waals surface area contributed by atoms with Crippen molar-refractivity contribution in [1.29, 1.82) is 0 Å². The van der Waals surface area contributed by atoms with E-state index in [0.717, 1.165) is 12.5 Å². The molecule has 1 amide bonds. The van der Waals surface area contributed by atoms with Gasteiger partial charge >= 0.3 is 0 Å². The lowest BCUT2D eigenvalue weighted by atomic mass is 9.91. The largest absolute Gasteiger partial charge is 0.395 e. The zero-order valence-electron chi connectivity index (χ0n) is 16.5. The second kappa shape index (κ2) is 8.00. The van der Waals surface area contributed by atoms with E-state index in [-0.39, 0.29) is 36.2 Å². The zero-order chi connectivity index (χ0) is 20.6. The summed E-state index contributed by atoms with van der Waals surface area (Å²) in [5, 5.41) is 20.9. The fourth-order valence-electron chi connectivity index (χ4n) is 4.11. The number of alkyl halides is 2. The van der Waals surface area contributed by atoms with Crippen LogP contribution in [0.3, 0.4) is 0 Å². The maximum Gasteiger partial charge on any atom is 0.270 e. The lowest BCUT2D eigenvalue weighted by molar-refractivity contribution is -0.131. The lowest BCUT2D eigenvalue weighted by Gasteiger charge is -2.41. The second-order valence-corrected chi connectivity index (χ2v) is 7.89. The number of halogens is 2. The first-order valence-corrected chi connectivity index (χ1v) is 9.54. The molecular weight excluding hydrogens is 368 g/mol. The smallest absolute Gasteiger partial charge is 0.270 e. The molecule has 28 heavy (non-hydrogen) atoms. The number of benzene rings is 1. The molecule has 3 rings (SSSR count). The van der Waals surface area contributed by atoms with E-state index in [2.05, 4.69) is 21.4 Å². The normalized spacial score (nSPS) is 29.6. The highest BCUT2D eigenvalue weighted by molar-refractivity contribution is 5.81. The number of hydrogen-bond acceptors (Lipinski definition) is 6. The van der Waals surface area contributed by atoms with Gasteiger partial charge in [0, 0.05) is 12.5 Å². The van der Waals surface area contributed by atoms with Crippen molar-refractivity contribution < 1.29 is 18.7 Å². The summed E-state index contributed by atoms with van der Waals surface area (Å²) in [5.41, 5.74) is 4.09. The van der Waals surface area contributed by atoms with E-state index in [9.17, 15) is 18.7 Å². The van der Waals surface area contributed by atoms with Gasteiger partial charge in [0.25, 0.3) is 5.92 Å². The first-order valence-electron chi connectivity index (χ1n) is 9.54. The summed E-state index contributed by atoms with van der Waals surface area (Å²) in [5.74, 6) is -3.40. The molecule has 5 N–H and O–H groups in total. The van der Waals surface area contributed by atoms with E-state index in [1.807, 2.05) is 18.9 Å². The number of amides is 1. The summed E-state index contributed by atoms with van der Waals surface area (Å²) in [7, 11) is 1.73. The molecule has 1 aromatic carbocycles. The van der Waals surface area contributed by atoms with E-state index in [0.29, 0.717) is 0 Å². The standard InChI is InChI=1S/C19H29F2N5O2/c1-10(2)15(11-5-7-12(8-6-11)19(3,20)21)26-16-14(13(9-27)25-26)17(28)24-18(22-4)23-16/h5-8,10,13-16,18,22-23,25,27H,9H2,1-4H3,(H,24,28)/t13?,14?,15-,16?,18?/m0/s1. The highest BCUT2D eigenvalue weighted by atomic mass is 19.3. The van der Waals surface area contributed by atoms with Crippen LogP contribution in [0.15, 0.2) is 24.3 Å². The first kappa shape index (κ1) is 21.1. The van der Waals surface area contributed by atoms with Crippen LogP contribution in [0.4, 0.5) is 8.78 Å². The summed E-state index contributed by atoms with van der Waals surface area (Å²) in [4.78, 5) is 12.6. The Kier molecular flexibility index (Phi) is 6.02. The van der Waals surface area contributed by atoms with Crippen LogP contribution in [-0.4, -0.2) is 48.2 Å². The predicted octanol–water partition coefficient (Wildman–Crippen LogP) is 0.841. The third-order valence-electron chi connectivity index (χ3n) is 5.49. The van der Waals surface area contributed by atoms with Gasteiger partial charge in [-0.05, 0) is 18.5 Å². The van der Waals surface area contributed by atoms with Gasteiger partial charge in [0.15, 0.2) is 0 Å². The third kappa shape index (κ3) is 3.90. The number of aliphatic hydroxyl groups is 1. The molecule has 2 aliphatic heterocycles. The van der Waals surface area contributed by atoms with Crippen molar-refractivity contribution in [3.05, 3.63) is 35.4 Å². The molecule has 0 aromatic heterocycles. The minimum atomic E-state index is -2.89. The average Bonchev–Trinajstić information content (AvgIpc) is 3.00. The molecule has 9 heteroatoms. The van der Waals surface area contributed by atoms with Gasteiger partial charge in [0.2, 0.25) is 5.91 Å². The van der Waals surface area contributed by atoms with E-state index in [4.69, 9.17) is 0 Å². The molecule has 2 saturated heterocycles. The maximum atomic E-state index is 13.6. The van der Waals surface area contributed by atoms with Crippen molar-refractivity contribution in [3.63, 3.8) is 0 Å². The predicted molar refractivity (Wildman–Crippen MR) is 101 cm³/mol. The van der Waals surface area contributed by atoms with Crippen LogP contribution in [0.1, 0.15) is 37.9 Å². The van der Waals surface area contributed by atoms with Crippen LogP contribution in [0.5, 0.6) is 0 Å². The van der Waals surface area contributed by atoms with Gasteiger partial charge in [0.1, 0.15) is 6.29 Å². The number of carbonyl (C=O) groups is 1. The van der Waals surface area contributed by atoms with Crippen molar-refractivity contribution >= 4 is 5.91 Å². The lowest BCUT2D eigenvalue weighted by Crippen LogP contribution is -2.68. The molecular formula is C19H29F2N5O2. The van der Waals surface area contributed by atoms with Crippen LogP contribution in [0, 0.1) is 11.8 Å². The molecule has 1 aromatic rings. The Morgan fingerprint density at radius 1 is 1.29 bits per heavy atom. The highest BCUT2D eigenvalue weighted by Gasteiger charge is 2.51. The monoisotopic (exact) mass is 397 g/mol. The van der Waals surface area contributed by atoms with Gasteiger partial charge in [-0.3, -0.25) is 15.4 Å². The second-order valence-electron chi connectivity index (χ2n) is 7.89. The molecule has 0 saturated carbocycles. The molecule has 5 atom stereocenters. The van der Waals surface area contributed by atoms with Crippen LogP contribution in [0.25, 0.3) is 0 Å². The fourth-order valence-corrected chi connectivity index (χ4v) is 4.11. The molecule has 2 fully saturated rings. The Morgan fingerprint density at radius 2 is 1.93 bits per heavy atom. The maximum absolute atomic E-state index is 13.6. The Labute approximate surface area is 163 Å². The third-order valence-corrected chi connectivity index (χ3v) is 5.49. The van der Waals surface area contributed by atoms with Gasteiger partial charge in [-0.2, -0.15) is 0 Å². The highest BCUT2D eigenvalue weighted by Crippen LogP contribution is 2.37. The van der Waals surface area contributed by atoms with Crippen LogP contribution < -0.4 is 21.4 Å². The minimum Gasteiger partial charge on any atom is -0.395 e. The molecule has 4 unspecified atom stereocenters. The van der Waals surface area contributed by atoms with Gasteiger partial charge in [-0.15, -0.1) is 0 Å². The SMILES string of the molecule is CNC1NC(=O)C2C(CO)NN([C@H](c3ccc(C(C)(F)F)cc3)C(C)C)C2N1. The number of rotatable bonds is 6.